The number of ketones is 1. The molecule has 0 fully saturated rings. The summed E-state index contributed by atoms with van der Waals surface area (Å²) in [6.45, 7) is 4.53. The Bertz CT molecular complexity index is 262. The van der Waals surface area contributed by atoms with Gasteiger partial charge in [-0.15, -0.1) is 11.8 Å². The highest BCUT2D eigenvalue weighted by atomic mass is 32.2. The van der Waals surface area contributed by atoms with Crippen molar-refractivity contribution in [3.8, 4) is 0 Å². The van der Waals surface area contributed by atoms with E-state index >= 15 is 0 Å². The number of ether oxygens (including phenoxy) is 1. The van der Waals surface area contributed by atoms with Crippen molar-refractivity contribution >= 4 is 23.4 Å². The van der Waals surface area contributed by atoms with Gasteiger partial charge >= 0.3 is 0 Å². The normalized spacial score (nSPS) is 12.8. The van der Waals surface area contributed by atoms with Crippen LogP contribution in [0.3, 0.4) is 0 Å². The Hall–Kier alpha value is -0.810. The summed E-state index contributed by atoms with van der Waals surface area (Å²) in [5.41, 5.74) is 0.571. The maximum Gasteiger partial charge on any atom is 0.176 e. The molecule has 0 atom stereocenters. The number of nitrogens with one attached hydrogen (secondary N) is 1. The number of hydrogen-bond acceptors (Lipinski definition) is 4. The number of carbonyl (C=O) groups excluding carboxylic acids is 1. The Kier molecular flexibility index (Phi) is 8.04. The maximum absolute atomic E-state index is 11.2. The van der Waals surface area contributed by atoms with Crippen LogP contribution < -0.4 is 5.32 Å². The van der Waals surface area contributed by atoms with Crippen LogP contribution in [-0.4, -0.2) is 38.1 Å². The van der Waals surface area contributed by atoms with E-state index in [0.29, 0.717) is 18.8 Å². The van der Waals surface area contributed by atoms with Crippen molar-refractivity contribution in [1.82, 2.24) is 5.32 Å². The van der Waals surface area contributed by atoms with Crippen LogP contribution in [0.15, 0.2) is 16.1 Å². The van der Waals surface area contributed by atoms with Gasteiger partial charge in [-0.2, -0.15) is 0 Å². The van der Waals surface area contributed by atoms with Crippen LogP contribution in [0.5, 0.6) is 0 Å². The van der Waals surface area contributed by atoms with E-state index in [1.165, 1.54) is 18.7 Å². The van der Waals surface area contributed by atoms with Gasteiger partial charge in [0.05, 0.1) is 24.7 Å². The number of Topliss-reactive ketones (excluding diaryl/α,β-unsaturated/α-hetero) is 1. The van der Waals surface area contributed by atoms with Gasteiger partial charge in [0, 0.05) is 14.0 Å². The molecule has 0 aliphatic heterocycles. The molecular weight excluding hydrogens is 212 g/mol. The molecule has 0 aliphatic rings. The van der Waals surface area contributed by atoms with Crippen molar-refractivity contribution in [2.24, 2.45) is 4.99 Å². The van der Waals surface area contributed by atoms with E-state index in [-0.39, 0.29) is 5.78 Å². The number of allylic oxidation sites excluding steroid dienone is 1. The van der Waals surface area contributed by atoms with Gasteiger partial charge in [-0.1, -0.05) is 0 Å². The third-order valence-electron chi connectivity index (χ3n) is 1.57. The fourth-order valence-corrected chi connectivity index (χ4v) is 1.32. The summed E-state index contributed by atoms with van der Waals surface area (Å²) in [4.78, 5) is 15.4. The SMILES string of the molecule is COCCN=C(C)N/C(=C\SC)C(C)=O. The summed E-state index contributed by atoms with van der Waals surface area (Å²) < 4.78 is 4.87. The fourth-order valence-electron chi connectivity index (χ4n) is 0.857. The van der Waals surface area contributed by atoms with Gasteiger partial charge in [0.25, 0.3) is 0 Å². The van der Waals surface area contributed by atoms with Gasteiger partial charge in [0.1, 0.15) is 0 Å². The van der Waals surface area contributed by atoms with Crippen molar-refractivity contribution in [1.29, 1.82) is 0 Å². The smallest absolute Gasteiger partial charge is 0.176 e. The lowest BCUT2D eigenvalue weighted by atomic mass is 10.3. The number of amidine groups is 1. The van der Waals surface area contributed by atoms with Gasteiger partial charge < -0.3 is 10.1 Å². The van der Waals surface area contributed by atoms with Crippen molar-refractivity contribution in [2.75, 3.05) is 26.5 Å². The van der Waals surface area contributed by atoms with Gasteiger partial charge in [-0.3, -0.25) is 9.79 Å². The highest BCUT2D eigenvalue weighted by Crippen LogP contribution is 2.01. The highest BCUT2D eigenvalue weighted by molar-refractivity contribution is 8.01. The summed E-state index contributed by atoms with van der Waals surface area (Å²) in [6.07, 6.45) is 1.90. The molecule has 1 N–H and O–H groups in total. The van der Waals surface area contributed by atoms with E-state index < -0.39 is 0 Å². The lowest BCUT2D eigenvalue weighted by Crippen LogP contribution is -2.24. The zero-order valence-electron chi connectivity index (χ0n) is 9.66. The van der Waals surface area contributed by atoms with E-state index in [9.17, 15) is 4.79 Å². The average Bonchev–Trinajstić information content (AvgIpc) is 2.17. The number of nitrogens with zero attached hydrogens (tertiary/aromatic N) is 1. The number of rotatable bonds is 6. The topological polar surface area (TPSA) is 50.7 Å². The molecule has 0 aromatic rings. The Labute approximate surface area is 95.2 Å². The first kappa shape index (κ1) is 14.2. The third kappa shape index (κ3) is 7.16. The first-order valence-electron chi connectivity index (χ1n) is 4.62. The molecule has 0 saturated heterocycles. The van der Waals surface area contributed by atoms with Crippen LogP contribution in [-0.2, 0) is 9.53 Å². The van der Waals surface area contributed by atoms with E-state index in [4.69, 9.17) is 4.74 Å². The maximum atomic E-state index is 11.2. The summed E-state index contributed by atoms with van der Waals surface area (Å²) in [5, 5.41) is 4.74. The number of carbonyl (C=O) groups is 1. The van der Waals surface area contributed by atoms with E-state index in [2.05, 4.69) is 10.3 Å². The largest absolute Gasteiger partial charge is 0.383 e. The van der Waals surface area contributed by atoms with E-state index in [1.54, 1.807) is 12.5 Å². The van der Waals surface area contributed by atoms with Crippen LogP contribution in [0.2, 0.25) is 0 Å². The molecule has 0 aromatic carbocycles. The molecule has 86 valence electrons. The first-order chi connectivity index (χ1) is 7.11. The zero-order valence-corrected chi connectivity index (χ0v) is 10.5. The monoisotopic (exact) mass is 230 g/mol. The number of aliphatic imine (C=N–C) groups is 1. The second-order valence-electron chi connectivity index (χ2n) is 2.91. The second-order valence-corrected chi connectivity index (χ2v) is 3.62. The van der Waals surface area contributed by atoms with Crippen LogP contribution in [0.4, 0.5) is 0 Å². The van der Waals surface area contributed by atoms with E-state index in [0.717, 1.165) is 5.84 Å². The molecule has 15 heavy (non-hydrogen) atoms. The Morgan fingerprint density at radius 1 is 1.53 bits per heavy atom. The zero-order chi connectivity index (χ0) is 11.7. The predicted octanol–water partition coefficient (Wildman–Crippen LogP) is 1.43. The molecule has 0 radical (unpaired) electrons. The minimum atomic E-state index is 0.00522. The van der Waals surface area contributed by atoms with Crippen molar-refractivity contribution in [2.45, 2.75) is 13.8 Å². The molecule has 0 rings (SSSR count). The highest BCUT2D eigenvalue weighted by Gasteiger charge is 2.03. The Balaban J connectivity index is 4.23. The molecular formula is C10H18N2O2S. The molecule has 5 heteroatoms. The van der Waals surface area contributed by atoms with Crippen molar-refractivity contribution < 1.29 is 9.53 Å². The molecule has 0 aromatic heterocycles. The predicted molar refractivity (Wildman–Crippen MR) is 65.3 cm³/mol. The molecule has 0 unspecified atom stereocenters. The van der Waals surface area contributed by atoms with Gasteiger partial charge in [-0.25, -0.2) is 0 Å². The quantitative estimate of drug-likeness (QED) is 0.325. The molecule has 0 bridgehead atoms. The lowest BCUT2D eigenvalue weighted by Gasteiger charge is -2.07. The average molecular weight is 230 g/mol. The van der Waals surface area contributed by atoms with Crippen LogP contribution in [0.25, 0.3) is 0 Å². The third-order valence-corrected chi connectivity index (χ3v) is 2.05. The lowest BCUT2D eigenvalue weighted by molar-refractivity contribution is -0.113. The summed E-state index contributed by atoms with van der Waals surface area (Å²) in [6, 6.07) is 0. The molecule has 0 aliphatic carbocycles. The summed E-state index contributed by atoms with van der Waals surface area (Å²) in [5.74, 6) is 0.730. The number of methoxy groups -OCH3 is 1. The number of thioether (sulfide) groups is 1. The van der Waals surface area contributed by atoms with Crippen LogP contribution in [0.1, 0.15) is 13.8 Å². The standard InChI is InChI=1S/C10H18N2O2S/c1-8(13)10(7-15-4)12-9(2)11-5-6-14-3/h7H,5-6H2,1-4H3,(H,11,12)/b10-7-. The van der Waals surface area contributed by atoms with E-state index in [1.807, 2.05) is 13.2 Å². The Morgan fingerprint density at radius 2 is 2.20 bits per heavy atom. The minimum Gasteiger partial charge on any atom is -0.383 e. The van der Waals surface area contributed by atoms with Crippen LogP contribution >= 0.6 is 11.8 Å². The minimum absolute atomic E-state index is 0.00522. The van der Waals surface area contributed by atoms with Gasteiger partial charge in [0.2, 0.25) is 0 Å². The Morgan fingerprint density at radius 3 is 2.67 bits per heavy atom. The summed E-state index contributed by atoms with van der Waals surface area (Å²) >= 11 is 1.48. The molecule has 4 nitrogen and oxygen atoms in total. The molecule has 0 spiro atoms. The van der Waals surface area contributed by atoms with Gasteiger partial charge in [-0.05, 0) is 18.6 Å². The van der Waals surface area contributed by atoms with Crippen LogP contribution in [0, 0.1) is 0 Å². The summed E-state index contributed by atoms with van der Waals surface area (Å²) in [7, 11) is 1.63. The molecule has 0 heterocycles. The van der Waals surface area contributed by atoms with Gasteiger partial charge in [0.15, 0.2) is 5.78 Å². The molecule has 0 saturated carbocycles. The van der Waals surface area contributed by atoms with Crippen molar-refractivity contribution in [3.05, 3.63) is 11.1 Å². The van der Waals surface area contributed by atoms with Crippen molar-refractivity contribution in [3.63, 3.8) is 0 Å². The molecule has 0 amide bonds. The first-order valence-corrected chi connectivity index (χ1v) is 5.91. The fraction of sp³-hybridized carbons (Fsp3) is 0.600. The second kappa shape index (κ2) is 8.49. The number of hydrogen-bond donors (Lipinski definition) is 1.